The highest BCUT2D eigenvalue weighted by atomic mass is 35.5. The highest BCUT2D eigenvalue weighted by Crippen LogP contribution is 2.30. The minimum absolute atomic E-state index is 0. The molecule has 104 valence electrons. The monoisotopic (exact) mass is 276 g/mol. The summed E-state index contributed by atoms with van der Waals surface area (Å²) in [7, 11) is 0. The highest BCUT2D eigenvalue weighted by Gasteiger charge is 2.40. The third-order valence-electron chi connectivity index (χ3n) is 3.97. The molecule has 1 N–H and O–H groups in total. The molecule has 3 unspecified atom stereocenters. The van der Waals surface area contributed by atoms with Crippen molar-refractivity contribution >= 4 is 18.3 Å². The summed E-state index contributed by atoms with van der Waals surface area (Å²) < 4.78 is 11.3. The van der Waals surface area contributed by atoms with Gasteiger partial charge in [-0.05, 0) is 19.3 Å². The van der Waals surface area contributed by atoms with Crippen LogP contribution < -0.4 is 5.32 Å². The molecule has 3 rings (SSSR count). The van der Waals surface area contributed by atoms with Crippen molar-refractivity contribution in [1.82, 2.24) is 10.2 Å². The van der Waals surface area contributed by atoms with Crippen LogP contribution in [0.3, 0.4) is 0 Å². The first-order chi connectivity index (χ1) is 8.36. The van der Waals surface area contributed by atoms with Gasteiger partial charge in [0.15, 0.2) is 0 Å². The fraction of sp³-hybridized carbons (Fsp3) is 0.917. The maximum atomic E-state index is 12.4. The number of rotatable bonds is 1. The summed E-state index contributed by atoms with van der Waals surface area (Å²) >= 11 is 0. The Kier molecular flexibility index (Phi) is 4.84. The number of carbonyl (C=O) groups is 1. The normalized spacial score (nSPS) is 35.8. The van der Waals surface area contributed by atoms with Crippen LogP contribution in [0.1, 0.15) is 19.3 Å². The average molecular weight is 277 g/mol. The zero-order valence-corrected chi connectivity index (χ0v) is 11.3. The van der Waals surface area contributed by atoms with Crippen molar-refractivity contribution in [2.24, 2.45) is 0 Å². The van der Waals surface area contributed by atoms with Gasteiger partial charge in [0, 0.05) is 19.6 Å². The lowest BCUT2D eigenvalue weighted by molar-refractivity contribution is -0.157. The van der Waals surface area contributed by atoms with E-state index in [1.165, 1.54) is 6.42 Å². The number of nitrogens with zero attached hydrogens (tertiary/aromatic N) is 1. The Bertz CT molecular complexity index is 297. The van der Waals surface area contributed by atoms with Gasteiger partial charge < -0.3 is 19.7 Å². The van der Waals surface area contributed by atoms with Crippen LogP contribution in [0.5, 0.6) is 0 Å². The quantitative estimate of drug-likeness (QED) is 0.742. The Morgan fingerprint density at radius 3 is 2.89 bits per heavy atom. The molecule has 0 radical (unpaired) electrons. The van der Waals surface area contributed by atoms with Crippen molar-refractivity contribution in [3.05, 3.63) is 0 Å². The molecule has 18 heavy (non-hydrogen) atoms. The lowest BCUT2D eigenvalue weighted by Gasteiger charge is -2.40. The number of halogens is 1. The number of amides is 1. The molecule has 1 aliphatic carbocycles. The number of morpholine rings is 2. The molecular weight excluding hydrogens is 256 g/mol. The lowest BCUT2D eigenvalue weighted by atomic mass is 10.1. The summed E-state index contributed by atoms with van der Waals surface area (Å²) in [4.78, 5) is 14.4. The molecule has 1 saturated carbocycles. The maximum absolute atomic E-state index is 12.4. The van der Waals surface area contributed by atoms with E-state index in [0.717, 1.165) is 25.9 Å². The first-order valence-electron chi connectivity index (χ1n) is 6.60. The predicted molar refractivity (Wildman–Crippen MR) is 68.9 cm³/mol. The van der Waals surface area contributed by atoms with Crippen LogP contribution in [0.15, 0.2) is 0 Å². The Labute approximate surface area is 114 Å². The molecule has 2 aliphatic heterocycles. The fourth-order valence-corrected chi connectivity index (χ4v) is 3.11. The van der Waals surface area contributed by atoms with Crippen molar-refractivity contribution in [3.63, 3.8) is 0 Å². The molecule has 0 aromatic carbocycles. The second-order valence-electron chi connectivity index (χ2n) is 5.00. The van der Waals surface area contributed by atoms with Gasteiger partial charge in [0.05, 0.1) is 25.4 Å². The second kappa shape index (κ2) is 6.19. The zero-order valence-electron chi connectivity index (χ0n) is 10.5. The Morgan fingerprint density at radius 1 is 1.22 bits per heavy atom. The maximum Gasteiger partial charge on any atom is 0.253 e. The number of fused-ring (bicyclic) bond motifs is 1. The Hall–Kier alpha value is -0.360. The van der Waals surface area contributed by atoms with Crippen LogP contribution in [0.4, 0.5) is 0 Å². The van der Waals surface area contributed by atoms with Gasteiger partial charge in [-0.25, -0.2) is 0 Å². The summed E-state index contributed by atoms with van der Waals surface area (Å²) in [6.45, 7) is 3.52. The molecule has 2 saturated heterocycles. The van der Waals surface area contributed by atoms with Crippen LogP contribution >= 0.6 is 12.4 Å². The van der Waals surface area contributed by atoms with Crippen molar-refractivity contribution in [2.75, 3.05) is 32.8 Å². The Balaban J connectivity index is 0.00000120. The van der Waals surface area contributed by atoms with E-state index in [0.29, 0.717) is 25.8 Å². The molecule has 3 aliphatic rings. The minimum atomic E-state index is -0.289. The lowest BCUT2D eigenvalue weighted by Crippen LogP contribution is -2.57. The summed E-state index contributed by atoms with van der Waals surface area (Å²) in [6, 6.07) is 0.293. The topological polar surface area (TPSA) is 50.8 Å². The highest BCUT2D eigenvalue weighted by molar-refractivity contribution is 5.85. The van der Waals surface area contributed by atoms with Gasteiger partial charge in [-0.15, -0.1) is 12.4 Å². The predicted octanol–water partition coefficient (Wildman–Crippen LogP) is 0.177. The van der Waals surface area contributed by atoms with Crippen LogP contribution in [0, 0.1) is 0 Å². The number of nitrogens with one attached hydrogen (secondary N) is 1. The van der Waals surface area contributed by atoms with Gasteiger partial charge in [0.1, 0.15) is 6.10 Å². The van der Waals surface area contributed by atoms with E-state index >= 15 is 0 Å². The molecule has 0 aromatic heterocycles. The SMILES string of the molecule is Cl.O=C(C1CNCCO1)N1CCOC2CCCC21. The fourth-order valence-electron chi connectivity index (χ4n) is 3.11. The number of hydrogen-bond donors (Lipinski definition) is 1. The summed E-state index contributed by atoms with van der Waals surface area (Å²) in [5, 5.41) is 3.21. The van der Waals surface area contributed by atoms with E-state index in [2.05, 4.69) is 5.32 Å². The molecule has 0 bridgehead atoms. The van der Waals surface area contributed by atoms with Gasteiger partial charge in [-0.2, -0.15) is 0 Å². The van der Waals surface area contributed by atoms with Crippen LogP contribution in [0.2, 0.25) is 0 Å². The Morgan fingerprint density at radius 2 is 2.11 bits per heavy atom. The van der Waals surface area contributed by atoms with Crippen molar-refractivity contribution < 1.29 is 14.3 Å². The van der Waals surface area contributed by atoms with Crippen LogP contribution in [0.25, 0.3) is 0 Å². The smallest absolute Gasteiger partial charge is 0.253 e. The summed E-state index contributed by atoms with van der Waals surface area (Å²) in [5.41, 5.74) is 0. The third kappa shape index (κ3) is 2.64. The van der Waals surface area contributed by atoms with E-state index < -0.39 is 0 Å². The molecule has 5 nitrogen and oxygen atoms in total. The van der Waals surface area contributed by atoms with E-state index in [1.807, 2.05) is 4.90 Å². The van der Waals surface area contributed by atoms with E-state index in [4.69, 9.17) is 9.47 Å². The number of ether oxygens (including phenoxy) is 2. The number of carbonyl (C=O) groups excluding carboxylic acids is 1. The molecule has 2 heterocycles. The standard InChI is InChI=1S/C12H20N2O3.ClH/c15-12(11-8-13-4-6-16-11)14-5-7-17-10-3-1-2-9(10)14;/h9-11,13H,1-8H2;1H. The zero-order chi connectivity index (χ0) is 11.7. The molecule has 6 heteroatoms. The second-order valence-corrected chi connectivity index (χ2v) is 5.00. The average Bonchev–Trinajstić information content (AvgIpc) is 2.87. The van der Waals surface area contributed by atoms with Gasteiger partial charge in [-0.1, -0.05) is 0 Å². The van der Waals surface area contributed by atoms with Crippen LogP contribution in [-0.2, 0) is 14.3 Å². The van der Waals surface area contributed by atoms with Gasteiger partial charge in [-0.3, -0.25) is 4.79 Å². The molecule has 3 fully saturated rings. The van der Waals surface area contributed by atoms with Gasteiger partial charge in [0.2, 0.25) is 0 Å². The molecule has 0 spiro atoms. The van der Waals surface area contributed by atoms with Crippen LogP contribution in [-0.4, -0.2) is 61.9 Å². The molecular formula is C12H21ClN2O3. The minimum Gasteiger partial charge on any atom is -0.374 e. The van der Waals surface area contributed by atoms with Gasteiger partial charge in [0.25, 0.3) is 5.91 Å². The third-order valence-corrected chi connectivity index (χ3v) is 3.97. The largest absolute Gasteiger partial charge is 0.374 e. The molecule has 1 amide bonds. The molecule has 3 atom stereocenters. The summed E-state index contributed by atoms with van der Waals surface area (Å²) in [6.07, 6.45) is 3.32. The van der Waals surface area contributed by atoms with Crippen molar-refractivity contribution in [2.45, 2.75) is 37.5 Å². The van der Waals surface area contributed by atoms with E-state index in [1.54, 1.807) is 0 Å². The molecule has 0 aromatic rings. The first kappa shape index (κ1) is 14.1. The number of hydrogen-bond acceptors (Lipinski definition) is 4. The first-order valence-corrected chi connectivity index (χ1v) is 6.60. The van der Waals surface area contributed by atoms with Gasteiger partial charge >= 0.3 is 0 Å². The summed E-state index contributed by atoms with van der Waals surface area (Å²) in [5.74, 6) is 0.150. The van der Waals surface area contributed by atoms with Crippen molar-refractivity contribution in [1.29, 1.82) is 0 Å². The van der Waals surface area contributed by atoms with Crippen molar-refractivity contribution in [3.8, 4) is 0 Å². The van der Waals surface area contributed by atoms with E-state index in [9.17, 15) is 4.79 Å². The van der Waals surface area contributed by atoms with E-state index in [-0.39, 0.29) is 30.5 Å².